The summed E-state index contributed by atoms with van der Waals surface area (Å²) in [5.41, 5.74) is 5.44. The van der Waals surface area contributed by atoms with E-state index in [9.17, 15) is 14.4 Å². The molecule has 1 aliphatic heterocycles. The summed E-state index contributed by atoms with van der Waals surface area (Å²) >= 11 is 0. The number of hydrogen-bond donors (Lipinski definition) is 1. The number of rotatable bonds is 6. The molecule has 0 spiro atoms. The summed E-state index contributed by atoms with van der Waals surface area (Å²) < 4.78 is 15.8. The van der Waals surface area contributed by atoms with Crippen molar-refractivity contribution in [1.82, 2.24) is 0 Å². The maximum Gasteiger partial charge on any atom is 0.307 e. The molecule has 7 nitrogen and oxygen atoms in total. The predicted molar refractivity (Wildman–Crippen MR) is 80.4 cm³/mol. The largest absolute Gasteiger partial charge is 0.490 e. The van der Waals surface area contributed by atoms with Crippen LogP contribution in [0.15, 0.2) is 18.2 Å². The SMILES string of the molecule is C[C@@H](OC(=O)CCC(=O)c1ccc2c(c1)OCCCO2)C(N)=O. The molecule has 7 heteroatoms. The monoisotopic (exact) mass is 321 g/mol. The number of carbonyl (C=O) groups is 3. The fourth-order valence-corrected chi connectivity index (χ4v) is 2.01. The number of primary amides is 1. The van der Waals surface area contributed by atoms with Crippen LogP contribution in [-0.4, -0.2) is 37.0 Å². The van der Waals surface area contributed by atoms with Gasteiger partial charge in [-0.05, 0) is 25.1 Å². The van der Waals surface area contributed by atoms with Crippen LogP contribution in [0.3, 0.4) is 0 Å². The Bertz CT molecular complexity index is 613. The molecule has 0 saturated carbocycles. The van der Waals surface area contributed by atoms with Gasteiger partial charge in [-0.25, -0.2) is 0 Å². The van der Waals surface area contributed by atoms with Gasteiger partial charge >= 0.3 is 5.97 Å². The Kier molecular flexibility index (Phi) is 5.56. The molecular weight excluding hydrogens is 302 g/mol. The van der Waals surface area contributed by atoms with E-state index in [-0.39, 0.29) is 18.6 Å². The lowest BCUT2D eigenvalue weighted by atomic mass is 10.1. The molecule has 1 aliphatic rings. The molecule has 1 amide bonds. The number of ketones is 1. The first-order valence-electron chi connectivity index (χ1n) is 7.39. The normalized spacial score (nSPS) is 14.5. The first kappa shape index (κ1) is 16.8. The van der Waals surface area contributed by atoms with Gasteiger partial charge in [0.15, 0.2) is 23.4 Å². The van der Waals surface area contributed by atoms with Crippen molar-refractivity contribution in [2.75, 3.05) is 13.2 Å². The van der Waals surface area contributed by atoms with Crippen molar-refractivity contribution in [1.29, 1.82) is 0 Å². The van der Waals surface area contributed by atoms with E-state index < -0.39 is 18.0 Å². The third-order valence-electron chi connectivity index (χ3n) is 3.33. The maximum absolute atomic E-state index is 12.1. The second-order valence-electron chi connectivity index (χ2n) is 5.17. The Morgan fingerprint density at radius 2 is 1.87 bits per heavy atom. The molecular formula is C16H19NO6. The molecule has 0 aromatic heterocycles. The molecule has 0 aliphatic carbocycles. The first-order chi connectivity index (χ1) is 11.0. The number of hydrogen-bond acceptors (Lipinski definition) is 6. The van der Waals surface area contributed by atoms with E-state index in [4.69, 9.17) is 19.9 Å². The molecule has 0 radical (unpaired) electrons. The van der Waals surface area contributed by atoms with E-state index in [2.05, 4.69) is 0 Å². The van der Waals surface area contributed by atoms with Gasteiger partial charge in [0.25, 0.3) is 5.91 Å². The Hall–Kier alpha value is -2.57. The summed E-state index contributed by atoms with van der Waals surface area (Å²) in [4.78, 5) is 34.5. The van der Waals surface area contributed by atoms with E-state index in [0.29, 0.717) is 30.3 Å². The van der Waals surface area contributed by atoms with Gasteiger partial charge in [-0.1, -0.05) is 0 Å². The Morgan fingerprint density at radius 3 is 2.57 bits per heavy atom. The van der Waals surface area contributed by atoms with Crippen molar-refractivity contribution in [2.45, 2.75) is 32.3 Å². The van der Waals surface area contributed by atoms with Crippen LogP contribution in [0.4, 0.5) is 0 Å². The number of benzene rings is 1. The van der Waals surface area contributed by atoms with E-state index in [1.54, 1.807) is 18.2 Å². The fourth-order valence-electron chi connectivity index (χ4n) is 2.01. The summed E-state index contributed by atoms with van der Waals surface area (Å²) in [5, 5.41) is 0. The van der Waals surface area contributed by atoms with Crippen LogP contribution in [-0.2, 0) is 14.3 Å². The van der Waals surface area contributed by atoms with Crippen molar-refractivity contribution in [3.05, 3.63) is 23.8 Å². The van der Waals surface area contributed by atoms with Crippen LogP contribution < -0.4 is 15.2 Å². The standard InChI is InChI=1S/C16H19NO6/c1-10(16(17)20)23-15(19)6-4-12(18)11-3-5-13-14(9-11)22-8-2-7-21-13/h3,5,9-10H,2,4,6-8H2,1H3,(H2,17,20)/t10-/m1/s1. The van der Waals surface area contributed by atoms with Crippen LogP contribution in [0.1, 0.15) is 36.5 Å². The Labute approximate surface area is 133 Å². The Morgan fingerprint density at radius 1 is 1.17 bits per heavy atom. The van der Waals surface area contributed by atoms with Crippen LogP contribution >= 0.6 is 0 Å². The van der Waals surface area contributed by atoms with Crippen molar-refractivity contribution in [2.24, 2.45) is 5.73 Å². The number of nitrogens with two attached hydrogens (primary N) is 1. The van der Waals surface area contributed by atoms with Gasteiger partial charge < -0.3 is 19.9 Å². The highest BCUT2D eigenvalue weighted by molar-refractivity contribution is 5.98. The Balaban J connectivity index is 1.92. The number of Topliss-reactive ketones (excluding diaryl/α,β-unsaturated/α-hetero) is 1. The lowest BCUT2D eigenvalue weighted by Crippen LogP contribution is -2.30. The zero-order valence-electron chi connectivity index (χ0n) is 12.9. The highest BCUT2D eigenvalue weighted by Gasteiger charge is 2.18. The van der Waals surface area contributed by atoms with Crippen molar-refractivity contribution in [3.8, 4) is 11.5 Å². The van der Waals surface area contributed by atoms with Crippen LogP contribution in [0.25, 0.3) is 0 Å². The smallest absolute Gasteiger partial charge is 0.307 e. The van der Waals surface area contributed by atoms with Gasteiger partial charge in [-0.2, -0.15) is 0 Å². The average molecular weight is 321 g/mol. The molecule has 0 fully saturated rings. The van der Waals surface area contributed by atoms with Crippen molar-refractivity contribution >= 4 is 17.7 Å². The minimum Gasteiger partial charge on any atom is -0.490 e. The van der Waals surface area contributed by atoms with E-state index in [0.717, 1.165) is 6.42 Å². The predicted octanol–water partition coefficient (Wildman–Crippen LogP) is 1.23. The quantitative estimate of drug-likeness (QED) is 0.624. The zero-order valence-corrected chi connectivity index (χ0v) is 12.9. The molecule has 23 heavy (non-hydrogen) atoms. The van der Waals surface area contributed by atoms with E-state index in [1.165, 1.54) is 6.92 Å². The number of ether oxygens (including phenoxy) is 3. The lowest BCUT2D eigenvalue weighted by Gasteiger charge is -2.10. The van der Waals surface area contributed by atoms with Crippen LogP contribution in [0, 0.1) is 0 Å². The third-order valence-corrected chi connectivity index (χ3v) is 3.33. The number of fused-ring (bicyclic) bond motifs is 1. The van der Waals surface area contributed by atoms with Gasteiger partial charge in [0.1, 0.15) is 0 Å². The van der Waals surface area contributed by atoms with Gasteiger partial charge in [0.2, 0.25) is 0 Å². The van der Waals surface area contributed by atoms with Gasteiger partial charge in [-0.3, -0.25) is 14.4 Å². The molecule has 1 heterocycles. The molecule has 124 valence electrons. The second kappa shape index (κ2) is 7.62. The summed E-state index contributed by atoms with van der Waals surface area (Å²) in [5.74, 6) is -0.456. The molecule has 1 atom stereocenters. The number of carbonyl (C=O) groups excluding carboxylic acids is 3. The van der Waals surface area contributed by atoms with Gasteiger partial charge in [0.05, 0.1) is 19.6 Å². The molecule has 1 aromatic carbocycles. The summed E-state index contributed by atoms with van der Waals surface area (Å²) in [6.45, 7) is 2.48. The van der Waals surface area contributed by atoms with Gasteiger partial charge in [-0.15, -0.1) is 0 Å². The minimum atomic E-state index is -1.00. The molecule has 0 saturated heterocycles. The van der Waals surface area contributed by atoms with Crippen molar-refractivity contribution in [3.63, 3.8) is 0 Å². The fraction of sp³-hybridized carbons (Fsp3) is 0.438. The number of amides is 1. The van der Waals surface area contributed by atoms with E-state index >= 15 is 0 Å². The molecule has 2 N–H and O–H groups in total. The van der Waals surface area contributed by atoms with Crippen molar-refractivity contribution < 1.29 is 28.6 Å². The lowest BCUT2D eigenvalue weighted by molar-refractivity contribution is -0.153. The maximum atomic E-state index is 12.1. The van der Waals surface area contributed by atoms with Crippen LogP contribution in [0.2, 0.25) is 0 Å². The van der Waals surface area contributed by atoms with Crippen LogP contribution in [0.5, 0.6) is 11.5 Å². The summed E-state index contributed by atoms with van der Waals surface area (Å²) in [6.07, 6.45) is -0.368. The summed E-state index contributed by atoms with van der Waals surface area (Å²) in [7, 11) is 0. The topological polar surface area (TPSA) is 105 Å². The molecule has 1 aromatic rings. The third kappa shape index (κ3) is 4.70. The molecule has 0 unspecified atom stereocenters. The molecule has 2 rings (SSSR count). The highest BCUT2D eigenvalue weighted by Crippen LogP contribution is 2.30. The van der Waals surface area contributed by atoms with E-state index in [1.807, 2.05) is 0 Å². The minimum absolute atomic E-state index is 0.0239. The second-order valence-corrected chi connectivity index (χ2v) is 5.17. The zero-order chi connectivity index (χ0) is 16.8. The number of esters is 1. The first-order valence-corrected chi connectivity index (χ1v) is 7.39. The summed E-state index contributed by atoms with van der Waals surface area (Å²) in [6, 6.07) is 4.93. The molecule has 0 bridgehead atoms. The highest BCUT2D eigenvalue weighted by atomic mass is 16.5. The van der Waals surface area contributed by atoms with Gasteiger partial charge in [0, 0.05) is 18.4 Å². The average Bonchev–Trinajstić information content (AvgIpc) is 2.76.